The van der Waals surface area contributed by atoms with Crippen LogP contribution in [0.15, 0.2) is 17.5 Å². The maximum atomic E-state index is 6.27. The Balaban J connectivity index is 2.96. The predicted molar refractivity (Wildman–Crippen MR) is 91.1 cm³/mol. The van der Waals surface area contributed by atoms with Crippen LogP contribution in [-0.4, -0.2) is 23.5 Å². The van der Waals surface area contributed by atoms with E-state index in [0.29, 0.717) is 11.8 Å². The van der Waals surface area contributed by atoms with Gasteiger partial charge >= 0.3 is 0 Å². The first-order valence-corrected chi connectivity index (χ1v) is 8.79. The second-order valence-electron chi connectivity index (χ2n) is 6.72. The van der Waals surface area contributed by atoms with Gasteiger partial charge in [0.2, 0.25) is 0 Å². The first-order chi connectivity index (χ1) is 9.43. The Morgan fingerprint density at radius 2 is 1.80 bits per heavy atom. The number of nitrogens with two attached hydrogens (primary N) is 1. The Bertz CT molecular complexity index is 347. The van der Waals surface area contributed by atoms with Crippen LogP contribution in [0.25, 0.3) is 0 Å². The molecule has 1 heterocycles. The average molecular weight is 297 g/mol. The zero-order valence-electron chi connectivity index (χ0n) is 13.9. The molecule has 1 aromatic heterocycles. The van der Waals surface area contributed by atoms with Crippen LogP contribution in [0.3, 0.4) is 0 Å². The quantitative estimate of drug-likeness (QED) is 0.733. The zero-order chi connectivity index (χ0) is 15.2. The van der Waals surface area contributed by atoms with Crippen molar-refractivity contribution in [2.75, 3.05) is 13.1 Å². The fourth-order valence-electron chi connectivity index (χ4n) is 3.36. The van der Waals surface area contributed by atoms with Gasteiger partial charge in [0.1, 0.15) is 0 Å². The molecule has 0 unspecified atom stereocenters. The van der Waals surface area contributed by atoms with Crippen molar-refractivity contribution < 1.29 is 0 Å². The van der Waals surface area contributed by atoms with Crippen molar-refractivity contribution >= 4 is 11.3 Å². The fraction of sp³-hybridized carbons (Fsp3) is 0.765. The van der Waals surface area contributed by atoms with Gasteiger partial charge < -0.3 is 5.73 Å². The van der Waals surface area contributed by atoms with Crippen LogP contribution >= 0.6 is 11.3 Å². The van der Waals surface area contributed by atoms with E-state index in [1.807, 2.05) is 11.3 Å². The summed E-state index contributed by atoms with van der Waals surface area (Å²) in [6, 6.07) is 4.38. The molecular weight excluding hydrogens is 264 g/mol. The zero-order valence-corrected chi connectivity index (χ0v) is 14.7. The number of thiophene rings is 1. The molecule has 0 aliphatic heterocycles. The van der Waals surface area contributed by atoms with E-state index >= 15 is 0 Å². The van der Waals surface area contributed by atoms with Gasteiger partial charge in [-0.05, 0) is 42.7 Å². The summed E-state index contributed by atoms with van der Waals surface area (Å²) in [6.07, 6.45) is 2.36. The SMILES string of the molecule is CCN(Cc1cccs1)C(CN)(CC(C)C)CC(C)C. The minimum absolute atomic E-state index is 0.140. The van der Waals surface area contributed by atoms with Crippen molar-refractivity contribution in [3.8, 4) is 0 Å². The van der Waals surface area contributed by atoms with Gasteiger partial charge in [-0.2, -0.15) is 0 Å². The third-order valence-corrected chi connectivity index (χ3v) is 4.80. The molecule has 0 spiro atoms. The normalized spacial score (nSPS) is 12.8. The highest BCUT2D eigenvalue weighted by atomic mass is 32.1. The van der Waals surface area contributed by atoms with Gasteiger partial charge in [-0.25, -0.2) is 0 Å². The molecule has 0 aliphatic rings. The molecule has 2 nitrogen and oxygen atoms in total. The Hall–Kier alpha value is -0.380. The van der Waals surface area contributed by atoms with E-state index in [4.69, 9.17) is 5.73 Å². The third kappa shape index (κ3) is 4.87. The second-order valence-corrected chi connectivity index (χ2v) is 7.75. The van der Waals surface area contributed by atoms with Crippen LogP contribution in [0.2, 0.25) is 0 Å². The number of hydrogen-bond donors (Lipinski definition) is 1. The first kappa shape index (κ1) is 17.7. The molecule has 1 rings (SSSR count). The summed E-state index contributed by atoms with van der Waals surface area (Å²) in [6.45, 7) is 14.3. The summed E-state index contributed by atoms with van der Waals surface area (Å²) < 4.78 is 0. The predicted octanol–water partition coefficient (Wildman–Crippen LogP) is 4.36. The molecule has 2 N–H and O–H groups in total. The smallest absolute Gasteiger partial charge is 0.0340 e. The van der Waals surface area contributed by atoms with Crippen LogP contribution in [0.4, 0.5) is 0 Å². The van der Waals surface area contributed by atoms with Crippen molar-refractivity contribution in [1.82, 2.24) is 4.90 Å². The number of likely N-dealkylation sites (N-methyl/N-ethyl adjacent to an activating group) is 1. The number of nitrogens with zero attached hydrogens (tertiary/aromatic N) is 1. The highest BCUT2D eigenvalue weighted by molar-refractivity contribution is 7.09. The van der Waals surface area contributed by atoms with Gasteiger partial charge in [0.05, 0.1) is 0 Å². The van der Waals surface area contributed by atoms with E-state index in [1.165, 1.54) is 17.7 Å². The lowest BCUT2D eigenvalue weighted by atomic mass is 9.80. The third-order valence-electron chi connectivity index (χ3n) is 3.94. The van der Waals surface area contributed by atoms with Gasteiger partial charge in [0, 0.05) is 23.5 Å². The molecular formula is C17H32N2S. The van der Waals surface area contributed by atoms with E-state index < -0.39 is 0 Å². The van der Waals surface area contributed by atoms with Crippen LogP contribution in [0.5, 0.6) is 0 Å². The van der Waals surface area contributed by atoms with E-state index in [9.17, 15) is 0 Å². The van der Waals surface area contributed by atoms with Gasteiger partial charge in [0.25, 0.3) is 0 Å². The lowest BCUT2D eigenvalue weighted by Gasteiger charge is -2.45. The highest BCUT2D eigenvalue weighted by Crippen LogP contribution is 2.32. The Morgan fingerprint density at radius 1 is 1.20 bits per heavy atom. The van der Waals surface area contributed by atoms with Crippen LogP contribution in [0.1, 0.15) is 52.3 Å². The van der Waals surface area contributed by atoms with E-state index in [-0.39, 0.29) is 5.54 Å². The maximum absolute atomic E-state index is 6.27. The summed E-state index contributed by atoms with van der Waals surface area (Å²) in [7, 11) is 0. The van der Waals surface area contributed by atoms with Crippen molar-refractivity contribution in [1.29, 1.82) is 0 Å². The maximum Gasteiger partial charge on any atom is 0.0340 e. The Labute approximate surface area is 129 Å². The molecule has 0 saturated heterocycles. The summed E-state index contributed by atoms with van der Waals surface area (Å²) in [4.78, 5) is 4.05. The van der Waals surface area contributed by atoms with Crippen LogP contribution in [0, 0.1) is 11.8 Å². The highest BCUT2D eigenvalue weighted by Gasteiger charge is 2.36. The summed E-state index contributed by atoms with van der Waals surface area (Å²) in [5.74, 6) is 1.35. The van der Waals surface area contributed by atoms with Gasteiger partial charge in [-0.3, -0.25) is 4.90 Å². The first-order valence-electron chi connectivity index (χ1n) is 7.91. The van der Waals surface area contributed by atoms with Crippen molar-refractivity contribution in [3.05, 3.63) is 22.4 Å². The Morgan fingerprint density at radius 3 is 2.15 bits per heavy atom. The van der Waals surface area contributed by atoms with E-state index in [0.717, 1.165) is 19.6 Å². The van der Waals surface area contributed by atoms with Gasteiger partial charge in [-0.15, -0.1) is 11.3 Å². The molecule has 0 fully saturated rings. The van der Waals surface area contributed by atoms with Gasteiger partial charge in [-0.1, -0.05) is 40.7 Å². The summed E-state index contributed by atoms with van der Waals surface area (Å²) >= 11 is 1.85. The molecule has 0 saturated carbocycles. The molecule has 116 valence electrons. The molecule has 0 radical (unpaired) electrons. The van der Waals surface area contributed by atoms with Crippen LogP contribution < -0.4 is 5.73 Å². The lowest BCUT2D eigenvalue weighted by molar-refractivity contribution is 0.0516. The van der Waals surface area contributed by atoms with Crippen molar-refractivity contribution in [3.63, 3.8) is 0 Å². The molecule has 0 bridgehead atoms. The van der Waals surface area contributed by atoms with Crippen LogP contribution in [-0.2, 0) is 6.54 Å². The standard InChI is InChI=1S/C17H32N2S/c1-6-19(12-16-8-7-9-20-16)17(13-18,10-14(2)3)11-15(4)5/h7-9,14-15H,6,10-13,18H2,1-5H3. The molecule has 0 aliphatic carbocycles. The average Bonchev–Trinajstić information content (AvgIpc) is 2.86. The lowest BCUT2D eigenvalue weighted by Crippen LogP contribution is -2.55. The Kier molecular flexibility index (Phi) is 7.21. The molecule has 0 atom stereocenters. The molecule has 0 aromatic carbocycles. The largest absolute Gasteiger partial charge is 0.329 e. The minimum Gasteiger partial charge on any atom is -0.329 e. The van der Waals surface area contributed by atoms with E-state index in [1.54, 1.807) is 0 Å². The summed E-state index contributed by atoms with van der Waals surface area (Å²) in [5.41, 5.74) is 6.41. The topological polar surface area (TPSA) is 29.3 Å². The van der Waals surface area contributed by atoms with Crippen molar-refractivity contribution in [2.24, 2.45) is 17.6 Å². The number of hydrogen-bond acceptors (Lipinski definition) is 3. The molecule has 20 heavy (non-hydrogen) atoms. The fourth-order valence-corrected chi connectivity index (χ4v) is 4.08. The summed E-state index contributed by atoms with van der Waals surface area (Å²) in [5, 5.41) is 2.16. The minimum atomic E-state index is 0.140. The molecule has 1 aromatic rings. The monoisotopic (exact) mass is 296 g/mol. The van der Waals surface area contributed by atoms with E-state index in [2.05, 4.69) is 57.0 Å². The van der Waals surface area contributed by atoms with Gasteiger partial charge in [0.15, 0.2) is 0 Å². The molecule has 3 heteroatoms. The molecule has 0 amide bonds. The van der Waals surface area contributed by atoms with Crippen molar-refractivity contribution in [2.45, 2.75) is 59.5 Å². The number of rotatable bonds is 9. The second kappa shape index (κ2) is 8.16.